The van der Waals surface area contributed by atoms with Crippen molar-refractivity contribution in [2.24, 2.45) is 5.73 Å². The minimum Gasteiger partial charge on any atom is -0.493 e. The van der Waals surface area contributed by atoms with E-state index in [0.29, 0.717) is 23.3 Å². The maximum Gasteiger partial charge on any atom is 0.490 e. The first-order chi connectivity index (χ1) is 19.4. The highest BCUT2D eigenvalue weighted by atomic mass is 32.2. The monoisotopic (exact) mass is 621 g/mol. The average Bonchev–Trinajstić information content (AvgIpc) is 2.89. The number of carboxylic acids is 2. The number of fused-ring (bicyclic) bond motifs is 1. The van der Waals surface area contributed by atoms with Gasteiger partial charge in [-0.25, -0.2) is 18.7 Å². The van der Waals surface area contributed by atoms with Crippen molar-refractivity contribution >= 4 is 33.6 Å². The van der Waals surface area contributed by atoms with E-state index < -0.39 is 44.8 Å². The molecule has 6 N–H and O–H groups in total. The number of aryl methyl sites for hydroxylation is 1. The zero-order valence-corrected chi connectivity index (χ0v) is 22.6. The standard InChI is InChI=1S/C21H25N5O8S.C2HF3O2/c1-13-3-5-16(26(29)30)11-19(13)35(31,32)25-12-15-9-17(33-7-2-8-34-24-21(22)23)6-4-14(15)10-18(25)20(27)28;3-2(4,5)1(6)7/h3-6,9,11,18H,2,7-8,10,12H2,1H3,(H,27,28)(H4,22,23,24);(H,6,7)/t18-;/m0./s1. The predicted molar refractivity (Wildman–Crippen MR) is 137 cm³/mol. The summed E-state index contributed by atoms with van der Waals surface area (Å²) in [6, 6.07) is 7.09. The molecule has 2 aromatic carbocycles. The van der Waals surface area contributed by atoms with Crippen molar-refractivity contribution in [3.8, 4) is 5.75 Å². The second kappa shape index (κ2) is 13.9. The number of non-ortho nitro benzene ring substituents is 1. The molecule has 1 atom stereocenters. The van der Waals surface area contributed by atoms with Gasteiger partial charge in [0.15, 0.2) is 0 Å². The molecule has 0 saturated carbocycles. The van der Waals surface area contributed by atoms with Crippen molar-refractivity contribution < 1.29 is 55.9 Å². The summed E-state index contributed by atoms with van der Waals surface area (Å²) in [5.41, 5.74) is 8.40. The van der Waals surface area contributed by atoms with E-state index in [-0.39, 0.29) is 42.6 Å². The summed E-state index contributed by atoms with van der Waals surface area (Å²) in [7, 11) is -4.38. The lowest BCUT2D eigenvalue weighted by Gasteiger charge is -2.34. The molecule has 0 bridgehead atoms. The fraction of sp³-hybridized carbons (Fsp3) is 0.348. The van der Waals surface area contributed by atoms with Gasteiger partial charge in [-0.05, 0) is 35.7 Å². The van der Waals surface area contributed by atoms with Crippen LogP contribution in [0.4, 0.5) is 18.9 Å². The van der Waals surface area contributed by atoms with Gasteiger partial charge in [0.05, 0.1) is 23.0 Å². The Labute approximate surface area is 236 Å². The van der Waals surface area contributed by atoms with E-state index in [9.17, 15) is 41.6 Å². The molecule has 0 amide bonds. The van der Waals surface area contributed by atoms with Crippen LogP contribution in [-0.4, -0.2) is 71.2 Å². The van der Waals surface area contributed by atoms with Gasteiger partial charge in [0.2, 0.25) is 16.0 Å². The molecule has 19 heteroatoms. The number of alkyl halides is 3. The molecule has 1 aliphatic rings. The molecule has 0 fully saturated rings. The Morgan fingerprint density at radius 3 is 2.38 bits per heavy atom. The Balaban J connectivity index is 0.000000782. The molecule has 2 aromatic rings. The zero-order chi connectivity index (χ0) is 31.8. The van der Waals surface area contributed by atoms with E-state index in [0.717, 1.165) is 10.4 Å². The Bertz CT molecular complexity index is 1450. The van der Waals surface area contributed by atoms with Crippen molar-refractivity contribution in [3.05, 3.63) is 63.2 Å². The van der Waals surface area contributed by atoms with Crippen molar-refractivity contribution in [2.45, 2.75) is 43.4 Å². The number of sulfonamides is 1. The van der Waals surface area contributed by atoms with E-state index in [1.165, 1.54) is 19.1 Å². The number of hydrogen-bond acceptors (Lipinski definition) is 9. The van der Waals surface area contributed by atoms with Gasteiger partial charge in [0, 0.05) is 31.5 Å². The fourth-order valence-electron chi connectivity index (χ4n) is 3.65. The quantitative estimate of drug-likeness (QED) is 0.0841. The first-order valence-corrected chi connectivity index (χ1v) is 13.2. The maximum absolute atomic E-state index is 13.5. The highest BCUT2D eigenvalue weighted by molar-refractivity contribution is 7.89. The van der Waals surface area contributed by atoms with Crippen LogP contribution in [-0.2, 0) is 37.4 Å². The Hall–Kier alpha value is -4.49. The molecule has 42 heavy (non-hydrogen) atoms. The van der Waals surface area contributed by atoms with Crippen molar-refractivity contribution in [3.63, 3.8) is 0 Å². The van der Waals surface area contributed by atoms with Crippen LogP contribution in [0.15, 0.2) is 41.3 Å². The molecule has 0 aliphatic carbocycles. The number of nitrogens with one attached hydrogen (secondary N) is 2. The van der Waals surface area contributed by atoms with Gasteiger partial charge in [-0.3, -0.25) is 25.2 Å². The van der Waals surface area contributed by atoms with E-state index in [1.807, 2.05) is 0 Å². The highest BCUT2D eigenvalue weighted by Crippen LogP contribution is 2.33. The second-order valence-electron chi connectivity index (χ2n) is 8.61. The van der Waals surface area contributed by atoms with Crippen LogP contribution in [0.2, 0.25) is 0 Å². The van der Waals surface area contributed by atoms with E-state index >= 15 is 0 Å². The Kier molecular flexibility index (Phi) is 11.2. The third kappa shape index (κ3) is 9.01. The highest BCUT2D eigenvalue weighted by Gasteiger charge is 2.41. The van der Waals surface area contributed by atoms with Gasteiger partial charge in [0.1, 0.15) is 11.8 Å². The second-order valence-corrected chi connectivity index (χ2v) is 10.5. The number of ether oxygens (including phenoxy) is 1. The minimum absolute atomic E-state index is 0.0668. The van der Waals surface area contributed by atoms with Gasteiger partial charge in [-0.15, -0.1) is 0 Å². The smallest absolute Gasteiger partial charge is 0.490 e. The van der Waals surface area contributed by atoms with Crippen LogP contribution in [0.3, 0.4) is 0 Å². The number of aliphatic carboxylic acids is 2. The molecule has 0 spiro atoms. The van der Waals surface area contributed by atoms with Gasteiger partial charge in [-0.1, -0.05) is 12.1 Å². The van der Waals surface area contributed by atoms with Crippen LogP contribution in [0, 0.1) is 22.4 Å². The van der Waals surface area contributed by atoms with Crippen LogP contribution in [0.25, 0.3) is 0 Å². The third-order valence-electron chi connectivity index (χ3n) is 5.60. The molecule has 0 radical (unpaired) electrons. The summed E-state index contributed by atoms with van der Waals surface area (Å²) in [4.78, 5) is 36.0. The molecule has 0 aromatic heterocycles. The normalized spacial score (nSPS) is 15.0. The van der Waals surface area contributed by atoms with Crippen molar-refractivity contribution in [1.82, 2.24) is 9.79 Å². The molecule has 1 aliphatic heterocycles. The Morgan fingerprint density at radius 2 is 1.83 bits per heavy atom. The van der Waals surface area contributed by atoms with Gasteiger partial charge in [-0.2, -0.15) is 17.5 Å². The summed E-state index contributed by atoms with van der Waals surface area (Å²) in [6.45, 7) is 1.76. The summed E-state index contributed by atoms with van der Waals surface area (Å²) >= 11 is 0. The summed E-state index contributed by atoms with van der Waals surface area (Å²) in [5, 5.41) is 35.1. The predicted octanol–water partition coefficient (Wildman–Crippen LogP) is 1.92. The SMILES string of the molecule is Cc1ccc([N+](=O)[O-])cc1S(=O)(=O)N1Cc2cc(OCCCONC(=N)N)ccc2C[C@H]1C(=O)O.O=C(O)C(F)(F)F. The van der Waals surface area contributed by atoms with Gasteiger partial charge >= 0.3 is 18.1 Å². The lowest BCUT2D eigenvalue weighted by Crippen LogP contribution is -2.48. The fourth-order valence-corrected chi connectivity index (χ4v) is 5.45. The molecule has 15 nitrogen and oxygen atoms in total. The summed E-state index contributed by atoms with van der Waals surface area (Å²) < 4.78 is 65.2. The number of halogens is 3. The number of nitro groups is 1. The maximum atomic E-state index is 13.5. The molecular weight excluding hydrogens is 595 g/mol. The summed E-state index contributed by atoms with van der Waals surface area (Å²) in [6.07, 6.45) is -4.67. The largest absolute Gasteiger partial charge is 0.493 e. The lowest BCUT2D eigenvalue weighted by atomic mass is 9.95. The zero-order valence-electron chi connectivity index (χ0n) is 21.8. The lowest BCUT2D eigenvalue weighted by molar-refractivity contribution is -0.385. The molecule has 0 saturated heterocycles. The van der Waals surface area contributed by atoms with E-state index in [1.54, 1.807) is 18.2 Å². The molecular formula is C23H26F3N5O10S. The van der Waals surface area contributed by atoms with Crippen molar-refractivity contribution in [2.75, 3.05) is 13.2 Å². The topological polar surface area (TPSA) is 235 Å². The van der Waals surface area contributed by atoms with Crippen molar-refractivity contribution in [1.29, 1.82) is 5.41 Å². The number of carboxylic acid groups (broad SMARTS) is 2. The van der Waals surface area contributed by atoms with Crippen LogP contribution in [0.1, 0.15) is 23.1 Å². The molecule has 1 heterocycles. The van der Waals surface area contributed by atoms with E-state index in [2.05, 4.69) is 5.48 Å². The molecule has 0 unspecified atom stereocenters. The molecule has 3 rings (SSSR count). The number of nitro benzene ring substituents is 1. The van der Waals surface area contributed by atoms with E-state index in [4.69, 9.17) is 30.6 Å². The van der Waals surface area contributed by atoms with Crippen LogP contribution in [0.5, 0.6) is 5.75 Å². The number of nitrogens with two attached hydrogens (primary N) is 1. The average molecular weight is 622 g/mol. The number of guanidine groups is 1. The van der Waals surface area contributed by atoms with Crippen LogP contribution >= 0.6 is 0 Å². The number of carbonyl (C=O) groups is 2. The van der Waals surface area contributed by atoms with Crippen LogP contribution < -0.4 is 16.0 Å². The number of hydroxylamine groups is 1. The first-order valence-electron chi connectivity index (χ1n) is 11.7. The number of hydrogen-bond donors (Lipinski definition) is 5. The van der Waals surface area contributed by atoms with Gasteiger partial charge < -0.3 is 20.7 Å². The molecule has 230 valence electrons. The summed E-state index contributed by atoms with van der Waals surface area (Å²) in [5.74, 6) is -3.93. The first kappa shape index (κ1) is 33.7. The minimum atomic E-state index is -5.08. The Morgan fingerprint density at radius 1 is 1.19 bits per heavy atom. The number of benzene rings is 2. The van der Waals surface area contributed by atoms with Gasteiger partial charge in [0.25, 0.3) is 5.69 Å². The number of nitrogens with zero attached hydrogens (tertiary/aromatic N) is 2. The third-order valence-corrected chi connectivity index (χ3v) is 7.60. The number of rotatable bonds is 10.